The number of hydrogen-bond donors (Lipinski definition) is 0. The Labute approximate surface area is 153 Å². The summed E-state index contributed by atoms with van der Waals surface area (Å²) in [6.45, 7) is 5.48. The monoisotopic (exact) mass is 344 g/mol. The highest BCUT2D eigenvalue weighted by atomic mass is 16.5. The van der Waals surface area contributed by atoms with Crippen molar-refractivity contribution in [2.24, 2.45) is 0 Å². The molecule has 4 rings (SSSR count). The first-order valence-corrected chi connectivity index (χ1v) is 9.22. The molecule has 26 heavy (non-hydrogen) atoms. The third-order valence-corrected chi connectivity index (χ3v) is 4.93. The fourth-order valence-electron chi connectivity index (χ4n) is 3.87. The largest absolute Gasteiger partial charge is 0.493 e. The minimum absolute atomic E-state index is 0.0795. The quantitative estimate of drug-likeness (QED) is 0.835. The predicted octanol–water partition coefficient (Wildman–Crippen LogP) is 3.13. The average Bonchev–Trinajstić information content (AvgIpc) is 3.10. The van der Waals surface area contributed by atoms with Gasteiger partial charge in [-0.1, -0.05) is 37.6 Å². The highest BCUT2D eigenvalue weighted by molar-refractivity contribution is 6.08. The van der Waals surface area contributed by atoms with E-state index in [2.05, 4.69) is 36.2 Å². The normalized spacial score (nSPS) is 14.5. The fourth-order valence-corrected chi connectivity index (χ4v) is 3.87. The maximum absolute atomic E-state index is 12.7. The van der Waals surface area contributed by atoms with Crippen LogP contribution in [-0.4, -0.2) is 12.4 Å². The van der Waals surface area contributed by atoms with Crippen LogP contribution in [0.5, 0.6) is 5.75 Å². The summed E-state index contributed by atoms with van der Waals surface area (Å²) in [6, 6.07) is 11.0. The van der Waals surface area contributed by atoms with Crippen molar-refractivity contribution in [2.45, 2.75) is 33.2 Å². The van der Waals surface area contributed by atoms with E-state index < -0.39 is 0 Å². The van der Waals surface area contributed by atoms with Gasteiger partial charge in [0.15, 0.2) is 5.78 Å². The summed E-state index contributed by atoms with van der Waals surface area (Å²) in [5.41, 5.74) is 4.27. The molecule has 0 unspecified atom stereocenters. The van der Waals surface area contributed by atoms with Crippen LogP contribution in [0.2, 0.25) is 0 Å². The third kappa shape index (κ3) is 2.64. The minimum atomic E-state index is 0.0795. The van der Waals surface area contributed by atoms with Gasteiger partial charge in [0.1, 0.15) is 5.75 Å². The fraction of sp³-hybridized carbons (Fsp3) is 0.261. The Kier molecular flexibility index (Phi) is 4.37. The van der Waals surface area contributed by atoms with E-state index in [1.165, 1.54) is 5.56 Å². The number of fused-ring (bicyclic) bond motifs is 2. The highest BCUT2D eigenvalue weighted by Crippen LogP contribution is 2.26. The first-order chi connectivity index (χ1) is 12.7. The molecule has 3 heteroatoms. The standard InChI is InChI=1S/C23H22NO2/c1-3-9-17-19-14-24(16-10-6-5-7-11-16)15-20(19)23(26-4-2)18-12-8-13-21(25)22(17)18/h6-8,10-14H,3-4,9,15H2,1-2H3. The summed E-state index contributed by atoms with van der Waals surface area (Å²) in [7, 11) is 0. The summed E-state index contributed by atoms with van der Waals surface area (Å²) in [6.07, 6.45) is 9.56. The molecule has 1 aliphatic heterocycles. The molecule has 0 atom stereocenters. The molecule has 1 radical (unpaired) electrons. The Hall–Kier alpha value is -2.81. The van der Waals surface area contributed by atoms with E-state index in [1.54, 1.807) is 6.08 Å². The second-order valence-corrected chi connectivity index (χ2v) is 6.58. The van der Waals surface area contributed by atoms with Crippen LogP contribution in [0.15, 0.2) is 36.4 Å². The first kappa shape index (κ1) is 16.6. The molecule has 0 N–H and O–H groups in total. The van der Waals surface area contributed by atoms with E-state index in [0.717, 1.165) is 52.4 Å². The van der Waals surface area contributed by atoms with E-state index >= 15 is 0 Å². The molecule has 131 valence electrons. The van der Waals surface area contributed by atoms with Gasteiger partial charge in [0.25, 0.3) is 0 Å². The molecular formula is C23H22NO2. The minimum Gasteiger partial charge on any atom is -0.493 e. The van der Waals surface area contributed by atoms with Gasteiger partial charge in [-0.15, -0.1) is 0 Å². The molecule has 3 nitrogen and oxygen atoms in total. The van der Waals surface area contributed by atoms with Gasteiger partial charge in [-0.2, -0.15) is 0 Å². The van der Waals surface area contributed by atoms with E-state index in [-0.39, 0.29) is 5.78 Å². The number of hydrogen-bond acceptors (Lipinski definition) is 3. The number of benzene rings is 2. The van der Waals surface area contributed by atoms with E-state index in [0.29, 0.717) is 6.61 Å². The first-order valence-electron chi connectivity index (χ1n) is 9.22. The topological polar surface area (TPSA) is 29.5 Å². The molecular weight excluding hydrogens is 322 g/mol. The van der Waals surface area contributed by atoms with Crippen molar-refractivity contribution in [3.63, 3.8) is 0 Å². The maximum Gasteiger partial charge on any atom is 0.186 e. The Bertz CT molecular complexity index is 1000. The molecule has 0 saturated heterocycles. The third-order valence-electron chi connectivity index (χ3n) is 4.93. The second kappa shape index (κ2) is 6.83. The van der Waals surface area contributed by atoms with Crippen LogP contribution in [0.25, 0.3) is 12.3 Å². The number of allylic oxidation sites excluding steroid dienone is 2. The lowest BCUT2D eigenvalue weighted by Crippen LogP contribution is -2.30. The Morgan fingerprint density at radius 1 is 1.19 bits per heavy atom. The predicted molar refractivity (Wildman–Crippen MR) is 105 cm³/mol. The smallest absolute Gasteiger partial charge is 0.186 e. The molecule has 0 spiro atoms. The molecule has 0 bridgehead atoms. The van der Waals surface area contributed by atoms with Crippen LogP contribution >= 0.6 is 0 Å². The molecule has 0 amide bonds. The van der Waals surface area contributed by atoms with Gasteiger partial charge in [-0.25, -0.2) is 0 Å². The molecule has 1 heterocycles. The van der Waals surface area contributed by atoms with Gasteiger partial charge >= 0.3 is 0 Å². The van der Waals surface area contributed by atoms with Crippen LogP contribution in [0.4, 0.5) is 5.69 Å². The zero-order chi connectivity index (χ0) is 18.1. The molecule has 0 fully saturated rings. The van der Waals surface area contributed by atoms with Crippen LogP contribution in [0.1, 0.15) is 41.8 Å². The van der Waals surface area contributed by atoms with Gasteiger partial charge < -0.3 is 9.64 Å². The highest BCUT2D eigenvalue weighted by Gasteiger charge is 2.26. The van der Waals surface area contributed by atoms with Crippen molar-refractivity contribution in [3.8, 4) is 5.75 Å². The molecule has 2 aromatic carbocycles. The van der Waals surface area contributed by atoms with Crippen LogP contribution in [0.3, 0.4) is 0 Å². The van der Waals surface area contributed by atoms with Crippen molar-refractivity contribution in [3.05, 3.63) is 69.6 Å². The molecule has 2 aliphatic rings. The lowest BCUT2D eigenvalue weighted by atomic mass is 9.90. The van der Waals surface area contributed by atoms with Gasteiger partial charge in [-0.3, -0.25) is 4.79 Å². The maximum atomic E-state index is 12.7. The number of anilines is 1. The Balaban J connectivity index is 1.99. The van der Waals surface area contributed by atoms with Crippen molar-refractivity contribution >= 4 is 23.7 Å². The number of carbonyl (C=O) groups is 1. The zero-order valence-electron chi connectivity index (χ0n) is 15.2. The van der Waals surface area contributed by atoms with Crippen molar-refractivity contribution in [2.75, 3.05) is 11.5 Å². The Morgan fingerprint density at radius 2 is 2.00 bits per heavy atom. The number of ether oxygens (including phenoxy) is 1. The number of nitrogens with zero attached hydrogens (tertiary/aromatic N) is 1. The van der Waals surface area contributed by atoms with Gasteiger partial charge in [0.05, 0.1) is 13.2 Å². The SMILES string of the molecule is CCCc1c2c(c(OCC)c3c1=CN(c1cc[c]cc1)C3)=CC=CC2=O. The van der Waals surface area contributed by atoms with Crippen molar-refractivity contribution < 1.29 is 9.53 Å². The number of ketones is 1. The molecule has 2 aromatic rings. The average molecular weight is 344 g/mol. The summed E-state index contributed by atoms with van der Waals surface area (Å²) in [5, 5.41) is 2.09. The van der Waals surface area contributed by atoms with E-state index in [4.69, 9.17) is 4.74 Å². The second-order valence-electron chi connectivity index (χ2n) is 6.58. The zero-order valence-corrected chi connectivity index (χ0v) is 15.2. The van der Waals surface area contributed by atoms with Crippen LogP contribution < -0.4 is 20.1 Å². The summed E-state index contributed by atoms with van der Waals surface area (Å²) < 4.78 is 6.04. The molecule has 0 saturated carbocycles. The Morgan fingerprint density at radius 3 is 2.73 bits per heavy atom. The van der Waals surface area contributed by atoms with Crippen LogP contribution in [-0.2, 0) is 13.0 Å². The van der Waals surface area contributed by atoms with Crippen molar-refractivity contribution in [1.82, 2.24) is 0 Å². The summed E-state index contributed by atoms with van der Waals surface area (Å²) in [5.74, 6) is 0.937. The van der Waals surface area contributed by atoms with Gasteiger partial charge in [-0.05, 0) is 43.2 Å². The lowest BCUT2D eigenvalue weighted by molar-refractivity contribution is 0.104. The molecule has 0 aromatic heterocycles. The lowest BCUT2D eigenvalue weighted by Gasteiger charge is -2.19. The summed E-state index contributed by atoms with van der Waals surface area (Å²) in [4.78, 5) is 14.9. The molecule has 1 aliphatic carbocycles. The van der Waals surface area contributed by atoms with E-state index in [1.807, 2.05) is 31.2 Å². The van der Waals surface area contributed by atoms with E-state index in [9.17, 15) is 4.79 Å². The summed E-state index contributed by atoms with van der Waals surface area (Å²) >= 11 is 0. The van der Waals surface area contributed by atoms with Crippen molar-refractivity contribution in [1.29, 1.82) is 0 Å². The van der Waals surface area contributed by atoms with Gasteiger partial charge in [0, 0.05) is 33.5 Å². The number of carbonyl (C=O) groups excluding carboxylic acids is 1. The van der Waals surface area contributed by atoms with Gasteiger partial charge in [0.2, 0.25) is 0 Å². The van der Waals surface area contributed by atoms with Crippen LogP contribution in [0, 0.1) is 6.07 Å². The number of rotatable bonds is 5.